The van der Waals surface area contributed by atoms with Crippen LogP contribution >= 0.6 is 0 Å². The molecule has 0 saturated carbocycles. The second-order valence-corrected chi connectivity index (χ2v) is 5.21. The number of nitrogens with zero attached hydrogens (tertiary/aromatic N) is 4. The quantitative estimate of drug-likeness (QED) is 0.771. The molecule has 7 heteroatoms. The zero-order chi connectivity index (χ0) is 16.2. The van der Waals surface area contributed by atoms with Gasteiger partial charge in [0.25, 0.3) is 5.91 Å². The second-order valence-electron chi connectivity index (χ2n) is 5.21. The third-order valence-corrected chi connectivity index (χ3v) is 3.37. The van der Waals surface area contributed by atoms with E-state index in [1.165, 1.54) is 0 Å². The van der Waals surface area contributed by atoms with Crippen molar-refractivity contribution in [3.05, 3.63) is 54.1 Å². The third-order valence-electron chi connectivity index (χ3n) is 3.37. The van der Waals surface area contributed by atoms with Gasteiger partial charge in [0.1, 0.15) is 0 Å². The summed E-state index contributed by atoms with van der Waals surface area (Å²) in [6.07, 6.45) is 0. The molecule has 3 aromatic rings. The van der Waals surface area contributed by atoms with Gasteiger partial charge < -0.3 is 10.2 Å². The van der Waals surface area contributed by atoms with Crippen LogP contribution in [0.5, 0.6) is 0 Å². The number of benzene rings is 2. The molecule has 0 saturated heterocycles. The molecule has 7 nitrogen and oxygen atoms in total. The first-order valence-corrected chi connectivity index (χ1v) is 7.06. The molecule has 0 atom stereocenters. The highest BCUT2D eigenvalue weighted by Gasteiger charge is 2.08. The van der Waals surface area contributed by atoms with Gasteiger partial charge in [0.2, 0.25) is 5.82 Å². The molecule has 1 aromatic heterocycles. The molecule has 0 radical (unpaired) electrons. The van der Waals surface area contributed by atoms with Gasteiger partial charge in [-0.15, -0.1) is 10.2 Å². The zero-order valence-corrected chi connectivity index (χ0v) is 12.8. The Bertz CT molecular complexity index is 796. The summed E-state index contributed by atoms with van der Waals surface area (Å²) in [7, 11) is 3.91. The molecule has 1 amide bonds. The van der Waals surface area contributed by atoms with Gasteiger partial charge in [0.15, 0.2) is 0 Å². The first kappa shape index (κ1) is 14.7. The Kier molecular flexibility index (Phi) is 4.01. The topological polar surface area (TPSA) is 86.8 Å². The highest BCUT2D eigenvalue weighted by molar-refractivity contribution is 6.04. The van der Waals surface area contributed by atoms with E-state index in [4.69, 9.17) is 0 Å². The van der Waals surface area contributed by atoms with E-state index in [1.54, 1.807) is 18.2 Å². The van der Waals surface area contributed by atoms with Crippen LogP contribution in [-0.4, -0.2) is 40.6 Å². The summed E-state index contributed by atoms with van der Waals surface area (Å²) in [4.78, 5) is 14.3. The molecular formula is C16H16N6O. The van der Waals surface area contributed by atoms with Gasteiger partial charge >= 0.3 is 0 Å². The molecule has 0 bridgehead atoms. The number of carbonyl (C=O) groups is 1. The van der Waals surface area contributed by atoms with E-state index in [0.717, 1.165) is 11.3 Å². The molecule has 3 rings (SSSR count). The first-order valence-electron chi connectivity index (χ1n) is 7.06. The van der Waals surface area contributed by atoms with Crippen LogP contribution in [0.25, 0.3) is 11.4 Å². The van der Waals surface area contributed by atoms with Crippen molar-refractivity contribution in [3.8, 4) is 11.4 Å². The molecule has 0 spiro atoms. The molecule has 0 aliphatic rings. The van der Waals surface area contributed by atoms with E-state index in [0.29, 0.717) is 17.1 Å². The smallest absolute Gasteiger partial charge is 0.255 e. The van der Waals surface area contributed by atoms with Gasteiger partial charge in [-0.1, -0.05) is 12.1 Å². The molecule has 0 aliphatic heterocycles. The number of tetrazole rings is 1. The van der Waals surface area contributed by atoms with E-state index < -0.39 is 0 Å². The second kappa shape index (κ2) is 6.27. The maximum absolute atomic E-state index is 12.3. The van der Waals surface area contributed by atoms with Crippen LogP contribution in [0.3, 0.4) is 0 Å². The number of anilines is 2. The summed E-state index contributed by atoms with van der Waals surface area (Å²) in [5, 5.41) is 16.7. The minimum absolute atomic E-state index is 0.166. The largest absolute Gasteiger partial charge is 0.378 e. The Morgan fingerprint density at radius 3 is 2.57 bits per heavy atom. The average molecular weight is 308 g/mol. The van der Waals surface area contributed by atoms with E-state index >= 15 is 0 Å². The molecule has 23 heavy (non-hydrogen) atoms. The normalized spacial score (nSPS) is 10.3. The number of hydrogen-bond donors (Lipinski definition) is 2. The predicted octanol–water partition coefficient (Wildman–Crippen LogP) is 2.18. The van der Waals surface area contributed by atoms with Crippen LogP contribution in [0.1, 0.15) is 10.4 Å². The highest BCUT2D eigenvalue weighted by atomic mass is 16.1. The lowest BCUT2D eigenvalue weighted by molar-refractivity contribution is 0.102. The summed E-state index contributed by atoms with van der Waals surface area (Å²) < 4.78 is 0. The predicted molar refractivity (Wildman–Crippen MR) is 88.3 cm³/mol. The van der Waals surface area contributed by atoms with Crippen LogP contribution in [0, 0.1) is 0 Å². The van der Waals surface area contributed by atoms with E-state index in [9.17, 15) is 4.79 Å². The summed E-state index contributed by atoms with van der Waals surface area (Å²) in [5.74, 6) is 0.317. The molecule has 0 unspecified atom stereocenters. The minimum atomic E-state index is -0.166. The van der Waals surface area contributed by atoms with Crippen molar-refractivity contribution >= 4 is 17.3 Å². The number of rotatable bonds is 4. The summed E-state index contributed by atoms with van der Waals surface area (Å²) >= 11 is 0. The van der Waals surface area contributed by atoms with Crippen molar-refractivity contribution < 1.29 is 4.79 Å². The lowest BCUT2D eigenvalue weighted by atomic mass is 10.1. The number of aromatic amines is 1. The number of carbonyl (C=O) groups excluding carboxylic acids is 1. The fraction of sp³-hybridized carbons (Fsp3) is 0.125. The van der Waals surface area contributed by atoms with Gasteiger partial charge in [-0.2, -0.15) is 5.21 Å². The maximum atomic E-state index is 12.3. The van der Waals surface area contributed by atoms with Crippen molar-refractivity contribution in [2.75, 3.05) is 24.3 Å². The number of nitrogens with one attached hydrogen (secondary N) is 2. The molecule has 0 fully saturated rings. The number of H-pyrrole nitrogens is 1. The van der Waals surface area contributed by atoms with Crippen LogP contribution in [0.4, 0.5) is 11.4 Å². The van der Waals surface area contributed by atoms with Gasteiger partial charge in [-0.3, -0.25) is 4.79 Å². The molecule has 2 N–H and O–H groups in total. The SMILES string of the molecule is CN(C)c1ccc(C(=O)Nc2cccc(-c3nn[nH]n3)c2)cc1. The number of amides is 1. The average Bonchev–Trinajstić information content (AvgIpc) is 3.10. The molecule has 2 aromatic carbocycles. The van der Waals surface area contributed by atoms with Gasteiger partial charge in [-0.05, 0) is 41.6 Å². The third kappa shape index (κ3) is 3.34. The van der Waals surface area contributed by atoms with Crippen LogP contribution in [0.2, 0.25) is 0 Å². The van der Waals surface area contributed by atoms with E-state index in [1.807, 2.05) is 49.3 Å². The van der Waals surface area contributed by atoms with Gasteiger partial charge in [0.05, 0.1) is 0 Å². The zero-order valence-electron chi connectivity index (χ0n) is 12.8. The fourth-order valence-electron chi connectivity index (χ4n) is 2.13. The Hall–Kier alpha value is -3.22. The maximum Gasteiger partial charge on any atom is 0.255 e. The van der Waals surface area contributed by atoms with Crippen molar-refractivity contribution in [2.45, 2.75) is 0 Å². The van der Waals surface area contributed by atoms with Crippen molar-refractivity contribution in [1.82, 2.24) is 20.6 Å². The number of aromatic nitrogens is 4. The minimum Gasteiger partial charge on any atom is -0.378 e. The van der Waals surface area contributed by atoms with Crippen molar-refractivity contribution in [3.63, 3.8) is 0 Å². The lowest BCUT2D eigenvalue weighted by Crippen LogP contribution is -2.13. The highest BCUT2D eigenvalue weighted by Crippen LogP contribution is 2.19. The summed E-state index contributed by atoms with van der Waals surface area (Å²) in [5.41, 5.74) is 3.09. The van der Waals surface area contributed by atoms with Gasteiger partial charge in [0, 0.05) is 36.6 Å². The summed E-state index contributed by atoms with van der Waals surface area (Å²) in [6.45, 7) is 0. The van der Waals surface area contributed by atoms with Gasteiger partial charge in [-0.25, -0.2) is 0 Å². The summed E-state index contributed by atoms with van der Waals surface area (Å²) in [6, 6.07) is 14.7. The van der Waals surface area contributed by atoms with Crippen LogP contribution in [0.15, 0.2) is 48.5 Å². The van der Waals surface area contributed by atoms with Crippen molar-refractivity contribution in [2.24, 2.45) is 0 Å². The molecular weight excluding hydrogens is 292 g/mol. The van der Waals surface area contributed by atoms with E-state index in [2.05, 4.69) is 25.9 Å². The Balaban J connectivity index is 1.76. The fourth-order valence-corrected chi connectivity index (χ4v) is 2.13. The first-order chi connectivity index (χ1) is 11.1. The standard InChI is InChI=1S/C16H16N6O/c1-22(2)14-8-6-11(7-9-14)16(23)17-13-5-3-4-12(10-13)15-18-20-21-19-15/h3-10H,1-2H3,(H,17,23)(H,18,19,20,21). The van der Waals surface area contributed by atoms with Crippen LogP contribution in [-0.2, 0) is 0 Å². The van der Waals surface area contributed by atoms with Crippen LogP contribution < -0.4 is 10.2 Å². The Morgan fingerprint density at radius 1 is 1.13 bits per heavy atom. The Morgan fingerprint density at radius 2 is 1.91 bits per heavy atom. The molecule has 0 aliphatic carbocycles. The van der Waals surface area contributed by atoms with Crippen molar-refractivity contribution in [1.29, 1.82) is 0 Å². The molecule has 1 heterocycles. The number of hydrogen-bond acceptors (Lipinski definition) is 5. The molecule has 116 valence electrons. The van der Waals surface area contributed by atoms with E-state index in [-0.39, 0.29) is 5.91 Å². The Labute approximate surface area is 133 Å². The monoisotopic (exact) mass is 308 g/mol. The lowest BCUT2D eigenvalue weighted by Gasteiger charge is -2.12.